The van der Waals surface area contributed by atoms with Crippen molar-refractivity contribution in [3.05, 3.63) is 64.7 Å². The van der Waals surface area contributed by atoms with Gasteiger partial charge in [0.25, 0.3) is 0 Å². The molecule has 3 nitrogen and oxygen atoms in total. The Balaban J connectivity index is 2.19. The molecule has 26 heavy (non-hydrogen) atoms. The summed E-state index contributed by atoms with van der Waals surface area (Å²) in [6.45, 7) is 4.21. The molecule has 2 rings (SSSR count). The zero-order valence-corrected chi connectivity index (χ0v) is 15.9. The number of carbonyl (C=O) groups is 1. The second-order valence-corrected chi connectivity index (χ2v) is 7.04. The van der Waals surface area contributed by atoms with Crippen LogP contribution < -0.4 is 0 Å². The predicted octanol–water partition coefficient (Wildman–Crippen LogP) is 6.15. The molecule has 0 radical (unpaired) electrons. The molecule has 3 heteroatoms. The standard InChI is InChI=1S/C23H30O3/c1-3-4-5-6-7-9-12-18-15-20(22(24)21(16-18)23(25)26)17(2)19-13-10-8-11-14-19/h8,10-11,13-17,24H,3-7,9,12H2,1-2H3,(H,25,26). The average molecular weight is 354 g/mol. The average Bonchev–Trinajstić information content (AvgIpc) is 2.65. The first-order valence-corrected chi connectivity index (χ1v) is 9.68. The van der Waals surface area contributed by atoms with Crippen LogP contribution >= 0.6 is 0 Å². The summed E-state index contributed by atoms with van der Waals surface area (Å²) in [5.41, 5.74) is 2.76. The molecule has 2 aromatic rings. The molecule has 0 aliphatic heterocycles. The van der Waals surface area contributed by atoms with E-state index in [-0.39, 0.29) is 17.2 Å². The number of aromatic hydroxyl groups is 1. The van der Waals surface area contributed by atoms with E-state index in [1.54, 1.807) is 6.07 Å². The highest BCUT2D eigenvalue weighted by molar-refractivity contribution is 5.91. The lowest BCUT2D eigenvalue weighted by atomic mass is 9.88. The highest BCUT2D eigenvalue weighted by Crippen LogP contribution is 2.35. The molecule has 2 N–H and O–H groups in total. The minimum Gasteiger partial charge on any atom is -0.507 e. The second kappa shape index (κ2) is 10.0. The van der Waals surface area contributed by atoms with Gasteiger partial charge in [0, 0.05) is 11.5 Å². The Morgan fingerprint density at radius 3 is 2.31 bits per heavy atom. The van der Waals surface area contributed by atoms with Crippen LogP contribution in [-0.2, 0) is 6.42 Å². The van der Waals surface area contributed by atoms with Crippen molar-refractivity contribution < 1.29 is 15.0 Å². The maximum Gasteiger partial charge on any atom is 0.339 e. The molecule has 0 fully saturated rings. The van der Waals surface area contributed by atoms with Crippen molar-refractivity contribution in [2.24, 2.45) is 0 Å². The van der Waals surface area contributed by atoms with E-state index in [2.05, 4.69) is 6.92 Å². The fraction of sp³-hybridized carbons (Fsp3) is 0.435. The van der Waals surface area contributed by atoms with Crippen molar-refractivity contribution in [3.63, 3.8) is 0 Å². The summed E-state index contributed by atoms with van der Waals surface area (Å²) < 4.78 is 0. The lowest BCUT2D eigenvalue weighted by molar-refractivity contribution is 0.0693. The summed E-state index contributed by atoms with van der Waals surface area (Å²) in [4.78, 5) is 11.6. The summed E-state index contributed by atoms with van der Waals surface area (Å²) in [6.07, 6.45) is 8.07. The monoisotopic (exact) mass is 354 g/mol. The summed E-state index contributed by atoms with van der Waals surface area (Å²) in [6, 6.07) is 13.5. The van der Waals surface area contributed by atoms with Gasteiger partial charge in [-0.3, -0.25) is 0 Å². The summed E-state index contributed by atoms with van der Waals surface area (Å²) in [7, 11) is 0. The number of carboxylic acids is 1. The number of rotatable bonds is 10. The molecule has 0 spiro atoms. The first-order valence-electron chi connectivity index (χ1n) is 9.68. The largest absolute Gasteiger partial charge is 0.507 e. The Hall–Kier alpha value is -2.29. The van der Waals surface area contributed by atoms with Gasteiger partial charge in [-0.2, -0.15) is 0 Å². The van der Waals surface area contributed by atoms with Gasteiger partial charge in [-0.05, 0) is 30.0 Å². The molecule has 1 unspecified atom stereocenters. The number of hydrogen-bond acceptors (Lipinski definition) is 2. The predicted molar refractivity (Wildman–Crippen MR) is 106 cm³/mol. The van der Waals surface area contributed by atoms with Crippen LogP contribution in [0.3, 0.4) is 0 Å². The highest BCUT2D eigenvalue weighted by atomic mass is 16.4. The third-order valence-electron chi connectivity index (χ3n) is 5.01. The van der Waals surface area contributed by atoms with Crippen LogP contribution in [0.4, 0.5) is 0 Å². The first-order chi connectivity index (χ1) is 12.5. The van der Waals surface area contributed by atoms with E-state index in [1.807, 2.05) is 43.3 Å². The van der Waals surface area contributed by atoms with E-state index < -0.39 is 5.97 Å². The van der Waals surface area contributed by atoms with Crippen LogP contribution in [0.2, 0.25) is 0 Å². The van der Waals surface area contributed by atoms with E-state index >= 15 is 0 Å². The normalized spacial score (nSPS) is 12.1. The van der Waals surface area contributed by atoms with E-state index in [0.717, 1.165) is 30.4 Å². The number of aromatic carboxylic acids is 1. The van der Waals surface area contributed by atoms with Gasteiger partial charge < -0.3 is 10.2 Å². The van der Waals surface area contributed by atoms with Gasteiger partial charge in [0.1, 0.15) is 11.3 Å². The van der Waals surface area contributed by atoms with Crippen LogP contribution in [0.5, 0.6) is 5.75 Å². The molecule has 140 valence electrons. The molecule has 0 amide bonds. The minimum atomic E-state index is -1.08. The van der Waals surface area contributed by atoms with Gasteiger partial charge >= 0.3 is 5.97 Å². The van der Waals surface area contributed by atoms with Crippen molar-refractivity contribution in [3.8, 4) is 5.75 Å². The zero-order valence-electron chi connectivity index (χ0n) is 15.9. The van der Waals surface area contributed by atoms with Crippen LogP contribution in [0.15, 0.2) is 42.5 Å². The van der Waals surface area contributed by atoms with Gasteiger partial charge in [0.15, 0.2) is 0 Å². The van der Waals surface area contributed by atoms with Crippen LogP contribution in [-0.4, -0.2) is 16.2 Å². The fourth-order valence-electron chi connectivity index (χ4n) is 3.39. The molecule has 1 atom stereocenters. The Bertz CT molecular complexity index is 707. The Labute approximate surface area is 156 Å². The third kappa shape index (κ3) is 5.35. The van der Waals surface area contributed by atoms with Gasteiger partial charge in [0.05, 0.1) is 0 Å². The number of unbranched alkanes of at least 4 members (excludes halogenated alkanes) is 5. The van der Waals surface area contributed by atoms with Crippen molar-refractivity contribution in [1.29, 1.82) is 0 Å². The van der Waals surface area contributed by atoms with E-state index in [1.165, 1.54) is 25.7 Å². The van der Waals surface area contributed by atoms with Gasteiger partial charge in [-0.1, -0.05) is 82.3 Å². The molecule has 0 saturated heterocycles. The lowest BCUT2D eigenvalue weighted by Gasteiger charge is -2.17. The molecule has 2 aromatic carbocycles. The van der Waals surface area contributed by atoms with Gasteiger partial charge in [-0.25, -0.2) is 4.79 Å². The van der Waals surface area contributed by atoms with Crippen molar-refractivity contribution in [2.75, 3.05) is 0 Å². The maximum atomic E-state index is 11.6. The number of aryl methyl sites for hydroxylation is 1. The molecule has 0 aliphatic rings. The number of carboxylic acid groups (broad SMARTS) is 1. The van der Waals surface area contributed by atoms with Crippen LogP contribution in [0, 0.1) is 0 Å². The van der Waals surface area contributed by atoms with E-state index in [4.69, 9.17) is 0 Å². The Morgan fingerprint density at radius 2 is 1.65 bits per heavy atom. The first kappa shape index (κ1) is 20.0. The molecule has 0 aliphatic carbocycles. The van der Waals surface area contributed by atoms with Crippen molar-refractivity contribution in [2.45, 2.75) is 64.7 Å². The Kier molecular flexibility index (Phi) is 7.71. The van der Waals surface area contributed by atoms with E-state index in [0.29, 0.717) is 5.56 Å². The Morgan fingerprint density at radius 1 is 1.00 bits per heavy atom. The van der Waals surface area contributed by atoms with Crippen molar-refractivity contribution in [1.82, 2.24) is 0 Å². The molecule has 0 bridgehead atoms. The summed E-state index contributed by atoms with van der Waals surface area (Å²) in [5.74, 6) is -1.24. The topological polar surface area (TPSA) is 57.5 Å². The number of benzene rings is 2. The van der Waals surface area contributed by atoms with Crippen LogP contribution in [0.25, 0.3) is 0 Å². The van der Waals surface area contributed by atoms with Gasteiger partial charge in [-0.15, -0.1) is 0 Å². The number of hydrogen-bond donors (Lipinski definition) is 2. The summed E-state index contributed by atoms with van der Waals surface area (Å²) >= 11 is 0. The smallest absolute Gasteiger partial charge is 0.339 e. The summed E-state index contributed by atoms with van der Waals surface area (Å²) in [5, 5.41) is 20.0. The molecule has 0 aromatic heterocycles. The second-order valence-electron chi connectivity index (χ2n) is 7.04. The lowest BCUT2D eigenvalue weighted by Crippen LogP contribution is -2.05. The molecular weight excluding hydrogens is 324 g/mol. The highest BCUT2D eigenvalue weighted by Gasteiger charge is 2.20. The minimum absolute atomic E-state index is 0.00580. The quantitative estimate of drug-likeness (QED) is 0.503. The number of phenols is 1. The molecule has 0 saturated carbocycles. The third-order valence-corrected chi connectivity index (χ3v) is 5.01. The fourth-order valence-corrected chi connectivity index (χ4v) is 3.39. The molecule has 0 heterocycles. The van der Waals surface area contributed by atoms with Crippen molar-refractivity contribution >= 4 is 5.97 Å². The van der Waals surface area contributed by atoms with Crippen LogP contribution in [0.1, 0.15) is 85.3 Å². The maximum absolute atomic E-state index is 11.6. The van der Waals surface area contributed by atoms with E-state index in [9.17, 15) is 15.0 Å². The zero-order chi connectivity index (χ0) is 18.9. The van der Waals surface area contributed by atoms with Gasteiger partial charge in [0.2, 0.25) is 0 Å². The molecular formula is C23H30O3. The SMILES string of the molecule is CCCCCCCCc1cc(C(=O)O)c(O)c(C(C)c2ccccc2)c1.